The minimum Gasteiger partial charge on any atom is -0.348 e. The Kier molecular flexibility index (Phi) is 5.72. The van der Waals surface area contributed by atoms with E-state index in [9.17, 15) is 18.0 Å². The second-order valence-corrected chi connectivity index (χ2v) is 6.42. The number of hydrogen-bond acceptors (Lipinski definition) is 4. The van der Waals surface area contributed by atoms with E-state index in [2.05, 4.69) is 20.8 Å². The zero-order chi connectivity index (χ0) is 20.3. The SMILES string of the molecule is Cc1nnnn1C(Cc1cccc(F)c1)C(=O)NC(C)c1ccc(F)cc1F. The summed E-state index contributed by atoms with van der Waals surface area (Å²) in [7, 11) is 0. The van der Waals surface area contributed by atoms with Crippen LogP contribution in [0.1, 0.15) is 36.0 Å². The van der Waals surface area contributed by atoms with Crippen molar-refractivity contribution in [1.82, 2.24) is 25.5 Å². The molecule has 0 radical (unpaired) electrons. The van der Waals surface area contributed by atoms with E-state index in [1.807, 2.05) is 0 Å². The summed E-state index contributed by atoms with van der Waals surface area (Å²) in [6.45, 7) is 3.22. The van der Waals surface area contributed by atoms with E-state index < -0.39 is 35.4 Å². The number of aromatic nitrogens is 4. The molecule has 0 aliphatic heterocycles. The Labute approximate surface area is 159 Å². The number of halogens is 3. The van der Waals surface area contributed by atoms with Gasteiger partial charge in [0.25, 0.3) is 0 Å². The van der Waals surface area contributed by atoms with Gasteiger partial charge in [-0.05, 0) is 48.0 Å². The van der Waals surface area contributed by atoms with E-state index in [1.54, 1.807) is 26.0 Å². The van der Waals surface area contributed by atoms with Gasteiger partial charge in [-0.2, -0.15) is 0 Å². The molecule has 2 atom stereocenters. The maximum absolute atomic E-state index is 14.0. The summed E-state index contributed by atoms with van der Waals surface area (Å²) >= 11 is 0. The molecule has 0 spiro atoms. The Morgan fingerprint density at radius 1 is 1.14 bits per heavy atom. The highest BCUT2D eigenvalue weighted by Gasteiger charge is 2.26. The summed E-state index contributed by atoms with van der Waals surface area (Å²) in [5, 5.41) is 13.9. The van der Waals surface area contributed by atoms with E-state index in [0.717, 1.165) is 12.1 Å². The Bertz CT molecular complexity index is 991. The first-order valence-corrected chi connectivity index (χ1v) is 8.59. The highest BCUT2D eigenvalue weighted by molar-refractivity contribution is 5.81. The Morgan fingerprint density at radius 2 is 1.89 bits per heavy atom. The van der Waals surface area contributed by atoms with E-state index in [1.165, 1.54) is 22.9 Å². The van der Waals surface area contributed by atoms with Gasteiger partial charge in [0.1, 0.15) is 29.3 Å². The summed E-state index contributed by atoms with van der Waals surface area (Å²) in [6, 6.07) is 7.42. The maximum Gasteiger partial charge on any atom is 0.245 e. The van der Waals surface area contributed by atoms with Crippen molar-refractivity contribution < 1.29 is 18.0 Å². The lowest BCUT2D eigenvalue weighted by Crippen LogP contribution is -2.36. The number of carbonyl (C=O) groups is 1. The molecule has 0 saturated carbocycles. The number of hydrogen-bond donors (Lipinski definition) is 1. The number of nitrogens with one attached hydrogen (secondary N) is 1. The van der Waals surface area contributed by atoms with Gasteiger partial charge in [-0.15, -0.1) is 5.10 Å². The van der Waals surface area contributed by atoms with Gasteiger partial charge in [-0.25, -0.2) is 17.9 Å². The molecule has 1 aromatic heterocycles. The molecule has 0 aliphatic rings. The molecule has 3 rings (SSSR count). The largest absolute Gasteiger partial charge is 0.348 e. The van der Waals surface area contributed by atoms with Crippen LogP contribution in [0.3, 0.4) is 0 Å². The van der Waals surface area contributed by atoms with Gasteiger partial charge in [0.05, 0.1) is 6.04 Å². The molecule has 146 valence electrons. The van der Waals surface area contributed by atoms with E-state index in [-0.39, 0.29) is 12.0 Å². The normalized spacial score (nSPS) is 13.2. The van der Waals surface area contributed by atoms with Crippen molar-refractivity contribution in [2.75, 3.05) is 0 Å². The second kappa shape index (κ2) is 8.20. The second-order valence-electron chi connectivity index (χ2n) is 6.42. The van der Waals surface area contributed by atoms with Gasteiger partial charge in [-0.1, -0.05) is 18.2 Å². The molecule has 6 nitrogen and oxygen atoms in total. The molecule has 0 fully saturated rings. The van der Waals surface area contributed by atoms with Crippen LogP contribution >= 0.6 is 0 Å². The van der Waals surface area contributed by atoms with Gasteiger partial charge in [0.2, 0.25) is 5.91 Å². The van der Waals surface area contributed by atoms with Crippen LogP contribution in [-0.4, -0.2) is 26.1 Å². The Balaban J connectivity index is 1.85. The molecule has 1 amide bonds. The van der Waals surface area contributed by atoms with Crippen molar-refractivity contribution >= 4 is 5.91 Å². The first kappa shape index (κ1) is 19.5. The molecule has 28 heavy (non-hydrogen) atoms. The average molecular weight is 389 g/mol. The molecule has 0 saturated heterocycles. The van der Waals surface area contributed by atoms with Crippen molar-refractivity contribution in [1.29, 1.82) is 0 Å². The van der Waals surface area contributed by atoms with E-state index >= 15 is 0 Å². The zero-order valence-electron chi connectivity index (χ0n) is 15.2. The van der Waals surface area contributed by atoms with Crippen LogP contribution in [0.15, 0.2) is 42.5 Å². The van der Waals surface area contributed by atoms with Crippen LogP contribution in [0.5, 0.6) is 0 Å². The van der Waals surface area contributed by atoms with Gasteiger partial charge in [0, 0.05) is 18.1 Å². The van der Waals surface area contributed by atoms with Gasteiger partial charge >= 0.3 is 0 Å². The fraction of sp³-hybridized carbons (Fsp3) is 0.263. The minimum atomic E-state index is -0.872. The first-order chi connectivity index (χ1) is 13.3. The number of rotatable bonds is 6. The molecule has 9 heteroatoms. The summed E-state index contributed by atoms with van der Waals surface area (Å²) in [6.07, 6.45) is 0.133. The topological polar surface area (TPSA) is 72.7 Å². The Morgan fingerprint density at radius 3 is 2.54 bits per heavy atom. The highest BCUT2D eigenvalue weighted by atomic mass is 19.1. The summed E-state index contributed by atoms with van der Waals surface area (Å²) in [5.74, 6) is -1.96. The van der Waals surface area contributed by atoms with Gasteiger partial charge < -0.3 is 5.32 Å². The van der Waals surface area contributed by atoms with Crippen molar-refractivity contribution in [3.8, 4) is 0 Å². The summed E-state index contributed by atoms with van der Waals surface area (Å²) in [4.78, 5) is 12.9. The predicted octanol–water partition coefficient (Wildman–Crippen LogP) is 3.06. The third kappa shape index (κ3) is 4.36. The third-order valence-corrected chi connectivity index (χ3v) is 4.36. The predicted molar refractivity (Wildman–Crippen MR) is 94.6 cm³/mol. The molecule has 0 aliphatic carbocycles. The average Bonchev–Trinajstić information content (AvgIpc) is 3.05. The number of aryl methyl sites for hydroxylation is 1. The molecule has 1 heterocycles. The minimum absolute atomic E-state index is 0.133. The molecule has 1 N–H and O–H groups in total. The monoisotopic (exact) mass is 389 g/mol. The fourth-order valence-electron chi connectivity index (χ4n) is 2.94. The highest BCUT2D eigenvalue weighted by Crippen LogP contribution is 2.21. The number of carbonyl (C=O) groups excluding carboxylic acids is 1. The van der Waals surface area contributed by atoms with Crippen LogP contribution in [0.4, 0.5) is 13.2 Å². The number of nitrogens with zero attached hydrogens (tertiary/aromatic N) is 4. The third-order valence-electron chi connectivity index (χ3n) is 4.36. The molecule has 2 unspecified atom stereocenters. The fourth-order valence-corrected chi connectivity index (χ4v) is 2.94. The van der Waals surface area contributed by atoms with Crippen molar-refractivity contribution in [2.45, 2.75) is 32.4 Å². The molecule has 0 bridgehead atoms. The maximum atomic E-state index is 14.0. The van der Waals surface area contributed by atoms with Crippen molar-refractivity contribution in [3.63, 3.8) is 0 Å². The number of tetrazole rings is 1. The lowest BCUT2D eigenvalue weighted by molar-refractivity contribution is -0.125. The molecule has 3 aromatic rings. The first-order valence-electron chi connectivity index (χ1n) is 8.59. The quantitative estimate of drug-likeness (QED) is 0.703. The number of amides is 1. The van der Waals surface area contributed by atoms with Crippen LogP contribution < -0.4 is 5.32 Å². The van der Waals surface area contributed by atoms with Crippen LogP contribution in [0.25, 0.3) is 0 Å². The number of benzene rings is 2. The van der Waals surface area contributed by atoms with E-state index in [0.29, 0.717) is 11.4 Å². The van der Waals surface area contributed by atoms with Crippen molar-refractivity contribution in [2.24, 2.45) is 0 Å². The lowest BCUT2D eigenvalue weighted by Gasteiger charge is -2.21. The Hall–Kier alpha value is -3.23. The summed E-state index contributed by atoms with van der Waals surface area (Å²) in [5.41, 5.74) is 0.725. The molecular weight excluding hydrogens is 371 g/mol. The van der Waals surface area contributed by atoms with Gasteiger partial charge in [-0.3, -0.25) is 4.79 Å². The van der Waals surface area contributed by atoms with Crippen molar-refractivity contribution in [3.05, 3.63) is 76.9 Å². The smallest absolute Gasteiger partial charge is 0.245 e. The molecule has 2 aromatic carbocycles. The lowest BCUT2D eigenvalue weighted by atomic mass is 10.0. The summed E-state index contributed by atoms with van der Waals surface area (Å²) < 4.78 is 42.0. The van der Waals surface area contributed by atoms with Gasteiger partial charge in [0.15, 0.2) is 0 Å². The van der Waals surface area contributed by atoms with Crippen LogP contribution in [0, 0.1) is 24.4 Å². The van der Waals surface area contributed by atoms with Crippen LogP contribution in [0.2, 0.25) is 0 Å². The standard InChI is InChI=1S/C19H18F3N5O/c1-11(16-7-6-15(21)10-17(16)22)23-19(28)18(27-12(2)24-25-26-27)9-13-4-3-5-14(20)8-13/h3-8,10-11,18H,9H2,1-2H3,(H,23,28). The molecular formula is C19H18F3N5O. The zero-order valence-corrected chi connectivity index (χ0v) is 15.2. The van der Waals surface area contributed by atoms with Crippen LogP contribution in [-0.2, 0) is 11.2 Å². The van der Waals surface area contributed by atoms with E-state index in [4.69, 9.17) is 0 Å².